The van der Waals surface area contributed by atoms with Crippen LogP contribution in [-0.2, 0) is 14.3 Å². The van der Waals surface area contributed by atoms with E-state index in [1.54, 1.807) is 4.90 Å². The Balaban J connectivity index is 1.64. The third-order valence-corrected chi connectivity index (χ3v) is 10.3. The van der Waals surface area contributed by atoms with Crippen LogP contribution < -0.4 is 0 Å². The Hall–Kier alpha value is -0.690. The molecular weight excluding hydrogens is 430 g/mol. The van der Waals surface area contributed by atoms with Crippen molar-refractivity contribution in [1.82, 2.24) is 4.90 Å². The lowest BCUT2D eigenvalue weighted by molar-refractivity contribution is -0.123. The van der Waals surface area contributed by atoms with Gasteiger partial charge in [-0.25, -0.2) is 4.79 Å². The third-order valence-electron chi connectivity index (χ3n) is 6.82. The van der Waals surface area contributed by atoms with Crippen LogP contribution in [-0.4, -0.2) is 56.3 Å². The van der Waals surface area contributed by atoms with Crippen molar-refractivity contribution in [2.75, 3.05) is 11.5 Å². The quantitative estimate of drug-likeness (QED) is 0.482. The number of piperidine rings is 1. The SMILES string of the molecule is C[C@H]1CCC[C@@H](CC(=O)C[C@@H]2CC3(CC[C@H]2C=O)SCCCS3)N1C(=O)OC(C)(C)C. The second kappa shape index (κ2) is 10.5. The Morgan fingerprint density at radius 2 is 1.81 bits per heavy atom. The van der Waals surface area contributed by atoms with E-state index in [-0.39, 0.29) is 39.9 Å². The number of ether oxygens (including phenoxy) is 1. The molecule has 7 heteroatoms. The van der Waals surface area contributed by atoms with Gasteiger partial charge in [-0.15, -0.1) is 23.5 Å². The van der Waals surface area contributed by atoms with Crippen molar-refractivity contribution in [2.45, 2.75) is 107 Å². The molecule has 2 aliphatic heterocycles. The number of amides is 1. The fourth-order valence-corrected chi connectivity index (χ4v) is 8.85. The fourth-order valence-electron chi connectivity index (χ4n) is 5.33. The van der Waals surface area contributed by atoms with Gasteiger partial charge in [-0.3, -0.25) is 4.79 Å². The highest BCUT2D eigenvalue weighted by Gasteiger charge is 2.44. The molecule has 0 bridgehead atoms. The molecule has 2 heterocycles. The Morgan fingerprint density at radius 1 is 1.10 bits per heavy atom. The molecule has 3 fully saturated rings. The average Bonchev–Trinajstić information content (AvgIpc) is 2.67. The summed E-state index contributed by atoms with van der Waals surface area (Å²) in [6.45, 7) is 7.67. The fraction of sp³-hybridized carbons (Fsp3) is 0.875. The first-order valence-electron chi connectivity index (χ1n) is 11.9. The summed E-state index contributed by atoms with van der Waals surface area (Å²) >= 11 is 4.08. The average molecular weight is 470 g/mol. The maximum absolute atomic E-state index is 13.2. The van der Waals surface area contributed by atoms with E-state index in [0.29, 0.717) is 12.8 Å². The Kier molecular flexibility index (Phi) is 8.44. The molecule has 5 nitrogen and oxygen atoms in total. The van der Waals surface area contributed by atoms with Gasteiger partial charge < -0.3 is 14.4 Å². The predicted molar refractivity (Wildman–Crippen MR) is 129 cm³/mol. The summed E-state index contributed by atoms with van der Waals surface area (Å²) in [5, 5.41) is 0. The van der Waals surface area contributed by atoms with E-state index in [2.05, 4.69) is 0 Å². The lowest BCUT2D eigenvalue weighted by atomic mass is 9.76. The second-order valence-corrected chi connectivity index (χ2v) is 13.7. The van der Waals surface area contributed by atoms with E-state index in [0.717, 1.165) is 44.8 Å². The van der Waals surface area contributed by atoms with Crippen LogP contribution in [0, 0.1) is 11.8 Å². The van der Waals surface area contributed by atoms with E-state index in [1.807, 2.05) is 51.2 Å². The van der Waals surface area contributed by atoms with Gasteiger partial charge in [0.1, 0.15) is 17.7 Å². The zero-order valence-corrected chi connectivity index (χ0v) is 21.2. The van der Waals surface area contributed by atoms with E-state index in [4.69, 9.17) is 4.74 Å². The van der Waals surface area contributed by atoms with Gasteiger partial charge in [0.15, 0.2) is 0 Å². The van der Waals surface area contributed by atoms with E-state index >= 15 is 0 Å². The molecule has 2 saturated heterocycles. The van der Waals surface area contributed by atoms with Crippen LogP contribution >= 0.6 is 23.5 Å². The summed E-state index contributed by atoms with van der Waals surface area (Å²) in [7, 11) is 0. The van der Waals surface area contributed by atoms with Crippen molar-refractivity contribution in [3.63, 3.8) is 0 Å². The molecule has 3 aliphatic rings. The molecule has 3 rings (SSSR count). The van der Waals surface area contributed by atoms with Crippen LogP contribution in [0.15, 0.2) is 0 Å². The van der Waals surface area contributed by atoms with E-state index in [1.165, 1.54) is 17.9 Å². The van der Waals surface area contributed by atoms with Gasteiger partial charge in [-0.1, -0.05) is 0 Å². The van der Waals surface area contributed by atoms with Gasteiger partial charge in [-0.2, -0.15) is 0 Å². The molecule has 0 unspecified atom stereocenters. The van der Waals surface area contributed by atoms with Crippen molar-refractivity contribution >= 4 is 41.7 Å². The largest absolute Gasteiger partial charge is 0.444 e. The Labute approximate surface area is 196 Å². The molecule has 1 saturated carbocycles. The summed E-state index contributed by atoms with van der Waals surface area (Å²) in [4.78, 5) is 39.6. The summed E-state index contributed by atoms with van der Waals surface area (Å²) in [6.07, 6.45) is 8.58. The van der Waals surface area contributed by atoms with Crippen LogP contribution in [0.3, 0.4) is 0 Å². The van der Waals surface area contributed by atoms with Gasteiger partial charge in [0.05, 0.1) is 4.08 Å². The number of carbonyl (C=O) groups excluding carboxylic acids is 3. The molecule has 4 atom stereocenters. The zero-order chi connectivity index (χ0) is 22.6. The molecule has 1 aliphatic carbocycles. The number of hydrogen-bond donors (Lipinski definition) is 0. The second-order valence-electron chi connectivity index (χ2n) is 10.5. The maximum Gasteiger partial charge on any atom is 0.410 e. The highest BCUT2D eigenvalue weighted by Crippen LogP contribution is 2.54. The van der Waals surface area contributed by atoms with Crippen molar-refractivity contribution in [1.29, 1.82) is 0 Å². The molecule has 0 N–H and O–H groups in total. The van der Waals surface area contributed by atoms with Crippen molar-refractivity contribution in [3.05, 3.63) is 0 Å². The van der Waals surface area contributed by atoms with Gasteiger partial charge >= 0.3 is 6.09 Å². The summed E-state index contributed by atoms with van der Waals surface area (Å²) < 4.78 is 5.84. The highest BCUT2D eigenvalue weighted by atomic mass is 32.2. The number of thioether (sulfide) groups is 2. The number of hydrogen-bond acceptors (Lipinski definition) is 6. The lowest BCUT2D eigenvalue weighted by Gasteiger charge is -2.44. The van der Waals surface area contributed by atoms with Crippen molar-refractivity contribution < 1.29 is 19.1 Å². The monoisotopic (exact) mass is 469 g/mol. The molecule has 1 amide bonds. The maximum atomic E-state index is 13.2. The molecule has 0 aromatic carbocycles. The van der Waals surface area contributed by atoms with Gasteiger partial charge in [0.25, 0.3) is 0 Å². The lowest BCUT2D eigenvalue weighted by Crippen LogP contribution is -2.51. The van der Waals surface area contributed by atoms with Gasteiger partial charge in [-0.05, 0) is 90.1 Å². The van der Waals surface area contributed by atoms with Crippen LogP contribution in [0.2, 0.25) is 0 Å². The van der Waals surface area contributed by atoms with Crippen LogP contribution in [0.4, 0.5) is 4.79 Å². The first kappa shape index (κ1) is 24.9. The minimum Gasteiger partial charge on any atom is -0.444 e. The van der Waals surface area contributed by atoms with Crippen molar-refractivity contribution in [2.24, 2.45) is 11.8 Å². The predicted octanol–water partition coefficient (Wildman–Crippen LogP) is 5.70. The number of aldehydes is 1. The molecule has 31 heavy (non-hydrogen) atoms. The summed E-state index contributed by atoms with van der Waals surface area (Å²) in [5.41, 5.74) is -0.550. The smallest absolute Gasteiger partial charge is 0.410 e. The number of rotatable bonds is 5. The Bertz CT molecular complexity index is 656. The molecular formula is C24H39NO4S2. The minimum atomic E-state index is -0.550. The summed E-state index contributed by atoms with van der Waals surface area (Å²) in [6, 6.07) is -0.0196. The number of Topliss-reactive ketones (excluding diaryl/α,β-unsaturated/α-hetero) is 1. The van der Waals surface area contributed by atoms with E-state index in [9.17, 15) is 14.4 Å². The molecule has 0 aromatic heterocycles. The standard InChI is InChI=1S/C24H39NO4S2/c1-17-7-5-8-20(25(17)22(28)29-23(2,3)4)14-21(27)13-19-15-24(10-9-18(19)16-26)30-11-6-12-31-24/h16-20H,5-15H2,1-4H3/t17-,18-,19+,20-/m0/s1. The first-order valence-corrected chi connectivity index (χ1v) is 13.9. The van der Waals surface area contributed by atoms with E-state index < -0.39 is 5.60 Å². The topological polar surface area (TPSA) is 63.7 Å². The third kappa shape index (κ3) is 6.66. The number of ketones is 1. The molecule has 1 spiro atoms. The van der Waals surface area contributed by atoms with Gasteiger partial charge in [0.2, 0.25) is 0 Å². The summed E-state index contributed by atoms with van der Waals surface area (Å²) in [5.74, 6) is 2.68. The molecule has 0 radical (unpaired) electrons. The number of nitrogens with zero attached hydrogens (tertiary/aromatic N) is 1. The Morgan fingerprint density at radius 3 is 2.45 bits per heavy atom. The van der Waals surface area contributed by atoms with Crippen molar-refractivity contribution in [3.8, 4) is 0 Å². The number of carbonyl (C=O) groups is 3. The zero-order valence-electron chi connectivity index (χ0n) is 19.6. The minimum absolute atomic E-state index is 0.00931. The molecule has 0 aromatic rings. The molecule has 176 valence electrons. The normalized spacial score (nSPS) is 31.3. The first-order chi connectivity index (χ1) is 14.6. The van der Waals surface area contributed by atoms with Gasteiger partial charge in [0, 0.05) is 30.8 Å². The van der Waals surface area contributed by atoms with Crippen LogP contribution in [0.25, 0.3) is 0 Å². The highest BCUT2D eigenvalue weighted by molar-refractivity contribution is 8.18. The van der Waals surface area contributed by atoms with Crippen LogP contribution in [0.1, 0.15) is 85.5 Å². The number of likely N-dealkylation sites (tertiary alicyclic amines) is 1. The van der Waals surface area contributed by atoms with Crippen LogP contribution in [0.5, 0.6) is 0 Å².